The summed E-state index contributed by atoms with van der Waals surface area (Å²) in [6.07, 6.45) is -5.40. The topological polar surface area (TPSA) is 49.7 Å². The Morgan fingerprint density at radius 1 is 1.09 bits per heavy atom. The van der Waals surface area contributed by atoms with Gasteiger partial charge in [0.1, 0.15) is 5.60 Å². The standard InChI is InChI=1S/C14H19F5O3/c1-6-7(2)9-4-8(6)5-11(9)10(3,20)12(15,16)13(21,22-11)14(17,18)19/h6-9,20-21H,4-5H2,1-3H3. The lowest BCUT2D eigenvalue weighted by molar-refractivity contribution is -0.418. The Balaban J connectivity index is 2.13. The molecule has 0 amide bonds. The minimum absolute atomic E-state index is 0.0992. The molecule has 0 aromatic heterocycles. The van der Waals surface area contributed by atoms with E-state index < -0.39 is 35.0 Å². The van der Waals surface area contributed by atoms with E-state index in [1.165, 1.54) is 0 Å². The molecular formula is C14H19F5O3. The molecule has 22 heavy (non-hydrogen) atoms. The molecule has 1 spiro atoms. The molecule has 8 heteroatoms. The zero-order valence-electron chi connectivity index (χ0n) is 12.4. The Kier molecular flexibility index (Phi) is 2.94. The van der Waals surface area contributed by atoms with Crippen molar-refractivity contribution in [3.8, 4) is 0 Å². The molecule has 2 aliphatic carbocycles. The van der Waals surface area contributed by atoms with Gasteiger partial charge in [-0.15, -0.1) is 0 Å². The van der Waals surface area contributed by atoms with Gasteiger partial charge in [-0.1, -0.05) is 13.8 Å². The second-order valence-corrected chi connectivity index (χ2v) is 7.30. The Hall–Kier alpha value is -0.470. The first-order valence-electron chi connectivity index (χ1n) is 7.32. The number of fused-ring (bicyclic) bond motifs is 3. The van der Waals surface area contributed by atoms with Crippen LogP contribution >= 0.6 is 0 Å². The van der Waals surface area contributed by atoms with Gasteiger partial charge < -0.3 is 14.9 Å². The van der Waals surface area contributed by atoms with E-state index in [1.54, 1.807) is 6.92 Å². The maximum Gasteiger partial charge on any atom is 0.449 e. The normalized spacial score (nSPS) is 57.0. The first-order chi connectivity index (χ1) is 9.73. The van der Waals surface area contributed by atoms with Crippen LogP contribution in [0, 0.1) is 23.7 Å². The molecule has 7 atom stereocenters. The number of ether oxygens (including phenoxy) is 1. The number of rotatable bonds is 0. The number of alkyl halides is 5. The van der Waals surface area contributed by atoms with E-state index in [4.69, 9.17) is 0 Å². The number of hydrogen-bond acceptors (Lipinski definition) is 3. The Labute approximate surface area is 124 Å². The van der Waals surface area contributed by atoms with Gasteiger partial charge in [-0.25, -0.2) is 0 Å². The van der Waals surface area contributed by atoms with Crippen LogP contribution in [0.5, 0.6) is 0 Å². The second-order valence-electron chi connectivity index (χ2n) is 7.30. The summed E-state index contributed by atoms with van der Waals surface area (Å²) in [5.41, 5.74) is -5.19. The van der Waals surface area contributed by atoms with Gasteiger partial charge >= 0.3 is 17.9 Å². The molecule has 0 aromatic carbocycles. The van der Waals surface area contributed by atoms with Crippen molar-refractivity contribution in [2.24, 2.45) is 23.7 Å². The molecule has 3 nitrogen and oxygen atoms in total. The SMILES string of the molecule is CC1C2CC(C1C)C1(C2)OC(O)(C(F)(F)F)C(F)(F)C1(C)O. The van der Waals surface area contributed by atoms with Crippen molar-refractivity contribution in [3.05, 3.63) is 0 Å². The van der Waals surface area contributed by atoms with Gasteiger partial charge in [0.05, 0.1) is 0 Å². The summed E-state index contributed by atoms with van der Waals surface area (Å²) in [7, 11) is 0. The fraction of sp³-hybridized carbons (Fsp3) is 1.00. The van der Waals surface area contributed by atoms with E-state index in [2.05, 4.69) is 4.74 Å². The molecule has 3 aliphatic rings. The zero-order valence-corrected chi connectivity index (χ0v) is 12.4. The van der Waals surface area contributed by atoms with Gasteiger partial charge in [-0.05, 0) is 43.4 Å². The third-order valence-electron chi connectivity index (χ3n) is 6.50. The molecule has 128 valence electrons. The lowest BCUT2D eigenvalue weighted by Crippen LogP contribution is -2.64. The van der Waals surface area contributed by atoms with Crippen molar-refractivity contribution < 1.29 is 36.9 Å². The lowest BCUT2D eigenvalue weighted by atomic mass is 9.65. The van der Waals surface area contributed by atoms with Crippen LogP contribution in [0.3, 0.4) is 0 Å². The van der Waals surface area contributed by atoms with Crippen molar-refractivity contribution in [2.45, 2.75) is 62.7 Å². The smallest absolute Gasteiger partial charge is 0.381 e. The summed E-state index contributed by atoms with van der Waals surface area (Å²) in [4.78, 5) is 0. The Bertz CT molecular complexity index is 503. The average molecular weight is 330 g/mol. The first-order valence-corrected chi connectivity index (χ1v) is 7.32. The van der Waals surface area contributed by atoms with Crippen LogP contribution in [0.1, 0.15) is 33.6 Å². The maximum atomic E-state index is 14.4. The van der Waals surface area contributed by atoms with E-state index in [-0.39, 0.29) is 24.2 Å². The van der Waals surface area contributed by atoms with Crippen molar-refractivity contribution in [1.82, 2.24) is 0 Å². The molecule has 2 saturated carbocycles. The lowest BCUT2D eigenvalue weighted by Gasteiger charge is -2.46. The minimum Gasteiger partial charge on any atom is -0.381 e. The molecule has 2 N–H and O–H groups in total. The highest BCUT2D eigenvalue weighted by molar-refractivity contribution is 5.26. The number of aliphatic hydroxyl groups is 2. The highest BCUT2D eigenvalue weighted by atomic mass is 19.4. The van der Waals surface area contributed by atoms with Crippen molar-refractivity contribution >= 4 is 0 Å². The van der Waals surface area contributed by atoms with Crippen LogP contribution in [0.4, 0.5) is 22.0 Å². The van der Waals surface area contributed by atoms with Gasteiger partial charge in [-0.2, -0.15) is 22.0 Å². The molecule has 1 saturated heterocycles. The predicted molar refractivity (Wildman–Crippen MR) is 64.9 cm³/mol. The summed E-state index contributed by atoms with van der Waals surface area (Å²) in [5.74, 6) is -10.3. The van der Waals surface area contributed by atoms with E-state index in [9.17, 15) is 32.2 Å². The number of halogens is 5. The van der Waals surface area contributed by atoms with Crippen LogP contribution < -0.4 is 0 Å². The van der Waals surface area contributed by atoms with Crippen LogP contribution in [0.15, 0.2) is 0 Å². The summed E-state index contributed by atoms with van der Waals surface area (Å²) >= 11 is 0. The average Bonchev–Trinajstić information content (AvgIpc) is 2.89. The van der Waals surface area contributed by atoms with Crippen LogP contribution in [-0.2, 0) is 4.74 Å². The fourth-order valence-electron chi connectivity index (χ4n) is 4.91. The molecule has 3 fully saturated rings. The molecule has 0 aromatic rings. The van der Waals surface area contributed by atoms with Crippen molar-refractivity contribution in [2.75, 3.05) is 0 Å². The summed E-state index contributed by atoms with van der Waals surface area (Å²) in [5, 5.41) is 20.0. The van der Waals surface area contributed by atoms with Crippen molar-refractivity contribution in [3.63, 3.8) is 0 Å². The van der Waals surface area contributed by atoms with E-state index in [1.807, 2.05) is 6.92 Å². The zero-order chi connectivity index (χ0) is 16.9. The Morgan fingerprint density at radius 3 is 2.00 bits per heavy atom. The summed E-state index contributed by atoms with van der Waals surface area (Å²) < 4.78 is 72.6. The first kappa shape index (κ1) is 16.4. The monoisotopic (exact) mass is 330 g/mol. The molecule has 2 bridgehead atoms. The highest BCUT2D eigenvalue weighted by Gasteiger charge is 2.90. The molecular weight excluding hydrogens is 311 g/mol. The molecule has 0 radical (unpaired) electrons. The quantitative estimate of drug-likeness (QED) is 0.672. The highest BCUT2D eigenvalue weighted by Crippen LogP contribution is 2.70. The summed E-state index contributed by atoms with van der Waals surface area (Å²) in [6.45, 7) is 4.33. The fourth-order valence-corrected chi connectivity index (χ4v) is 4.91. The van der Waals surface area contributed by atoms with Crippen LogP contribution in [-0.4, -0.2) is 39.3 Å². The molecule has 7 unspecified atom stereocenters. The van der Waals surface area contributed by atoms with Gasteiger partial charge in [-0.3, -0.25) is 0 Å². The van der Waals surface area contributed by atoms with E-state index in [0.717, 1.165) is 0 Å². The predicted octanol–water partition coefficient (Wildman–Crippen LogP) is 2.70. The van der Waals surface area contributed by atoms with Gasteiger partial charge in [0.25, 0.3) is 0 Å². The minimum atomic E-state index is -5.71. The maximum absolute atomic E-state index is 14.4. The molecule has 1 heterocycles. The third-order valence-corrected chi connectivity index (χ3v) is 6.50. The van der Waals surface area contributed by atoms with Gasteiger partial charge in [0.2, 0.25) is 0 Å². The Morgan fingerprint density at radius 2 is 1.64 bits per heavy atom. The molecule has 3 rings (SSSR count). The molecule has 1 aliphatic heterocycles. The largest absolute Gasteiger partial charge is 0.449 e. The van der Waals surface area contributed by atoms with E-state index >= 15 is 0 Å². The van der Waals surface area contributed by atoms with Crippen LogP contribution in [0.25, 0.3) is 0 Å². The second kappa shape index (κ2) is 3.95. The van der Waals surface area contributed by atoms with E-state index in [0.29, 0.717) is 13.3 Å². The summed E-state index contributed by atoms with van der Waals surface area (Å²) in [6, 6.07) is 0. The number of hydrogen-bond donors (Lipinski definition) is 2. The van der Waals surface area contributed by atoms with Crippen molar-refractivity contribution in [1.29, 1.82) is 0 Å². The van der Waals surface area contributed by atoms with Gasteiger partial charge in [0.15, 0.2) is 5.60 Å². The third kappa shape index (κ3) is 1.43. The van der Waals surface area contributed by atoms with Crippen LogP contribution in [0.2, 0.25) is 0 Å². The van der Waals surface area contributed by atoms with Gasteiger partial charge in [0, 0.05) is 0 Å².